The van der Waals surface area contributed by atoms with Crippen molar-refractivity contribution in [3.05, 3.63) is 71.4 Å². The molecule has 0 bridgehead atoms. The molecule has 0 aliphatic rings. The van der Waals surface area contributed by atoms with Gasteiger partial charge in [0.1, 0.15) is 6.33 Å². The van der Waals surface area contributed by atoms with Gasteiger partial charge in [-0.05, 0) is 36.8 Å². The fourth-order valence-corrected chi connectivity index (χ4v) is 2.71. The van der Waals surface area contributed by atoms with Gasteiger partial charge in [-0.1, -0.05) is 17.7 Å². The first-order valence-electron chi connectivity index (χ1n) is 8.05. The number of nitrogens with zero attached hydrogens (tertiary/aromatic N) is 5. The lowest BCUT2D eigenvalue weighted by Gasteiger charge is -2.09. The van der Waals surface area contributed by atoms with E-state index in [4.69, 9.17) is 11.6 Å². The molecular weight excluding hydrogens is 366 g/mol. The zero-order chi connectivity index (χ0) is 18.8. The Morgan fingerprint density at radius 2 is 2.07 bits per heavy atom. The summed E-state index contributed by atoms with van der Waals surface area (Å²) in [4.78, 5) is 24.6. The summed E-state index contributed by atoms with van der Waals surface area (Å²) in [6, 6.07) is 9.00. The van der Waals surface area contributed by atoms with Crippen molar-refractivity contribution < 1.29 is 4.79 Å². The molecule has 0 unspecified atom stereocenters. The maximum Gasteiger partial charge on any atom is 0.271 e. The maximum absolute atomic E-state index is 12.2. The molecule has 0 atom stereocenters. The van der Waals surface area contributed by atoms with Crippen molar-refractivity contribution in [3.63, 3.8) is 0 Å². The topological polar surface area (TPSA) is 97.6 Å². The minimum Gasteiger partial charge on any atom is -0.281 e. The number of aryl methyl sites for hydroxylation is 1. The van der Waals surface area contributed by atoms with Crippen molar-refractivity contribution >= 4 is 34.4 Å². The van der Waals surface area contributed by atoms with E-state index in [2.05, 4.69) is 30.9 Å². The van der Waals surface area contributed by atoms with Gasteiger partial charge >= 0.3 is 0 Å². The molecule has 0 saturated carbocycles. The van der Waals surface area contributed by atoms with Crippen LogP contribution in [-0.2, 0) is 0 Å². The Bertz CT molecular complexity index is 1130. The standard InChI is InChI=1S/C18H14ClN7O/c1-11-4-5-13(7-15(11)19)26-17-14(9-23-26)16(21-10-22-17)24-25-18(27)12-3-2-6-20-8-12/h2-10H,1H3,(H,25,27)(H,21,22,24). The number of benzene rings is 1. The van der Waals surface area contributed by atoms with Crippen LogP contribution in [0.4, 0.5) is 5.82 Å². The zero-order valence-electron chi connectivity index (χ0n) is 14.2. The minimum atomic E-state index is -0.326. The molecule has 1 amide bonds. The summed E-state index contributed by atoms with van der Waals surface area (Å²) >= 11 is 6.22. The normalized spacial score (nSPS) is 10.7. The predicted octanol–water partition coefficient (Wildman–Crippen LogP) is 2.93. The molecule has 0 spiro atoms. The third-order valence-electron chi connectivity index (χ3n) is 3.98. The number of anilines is 1. The van der Waals surface area contributed by atoms with Crippen LogP contribution in [0.25, 0.3) is 16.7 Å². The Morgan fingerprint density at radius 3 is 2.85 bits per heavy atom. The molecule has 134 valence electrons. The lowest BCUT2D eigenvalue weighted by molar-refractivity contribution is 0.0962. The molecule has 3 heterocycles. The van der Waals surface area contributed by atoms with Crippen LogP contribution < -0.4 is 10.9 Å². The van der Waals surface area contributed by atoms with Crippen LogP contribution in [0.15, 0.2) is 55.2 Å². The van der Waals surface area contributed by atoms with E-state index in [0.717, 1.165) is 11.3 Å². The fourth-order valence-electron chi connectivity index (χ4n) is 2.53. The number of carbonyl (C=O) groups excluding carboxylic acids is 1. The van der Waals surface area contributed by atoms with Crippen LogP contribution in [0.2, 0.25) is 5.02 Å². The summed E-state index contributed by atoms with van der Waals surface area (Å²) in [6.07, 6.45) is 6.10. The molecule has 0 radical (unpaired) electrons. The van der Waals surface area contributed by atoms with E-state index in [1.165, 1.54) is 12.5 Å². The molecule has 0 aliphatic carbocycles. The molecule has 2 N–H and O–H groups in total. The predicted molar refractivity (Wildman–Crippen MR) is 102 cm³/mol. The molecule has 1 aromatic carbocycles. The van der Waals surface area contributed by atoms with Crippen LogP contribution in [0, 0.1) is 6.92 Å². The number of amides is 1. The van der Waals surface area contributed by atoms with Crippen molar-refractivity contribution in [2.75, 3.05) is 5.43 Å². The number of nitrogens with one attached hydrogen (secondary N) is 2. The molecule has 0 aliphatic heterocycles. The summed E-state index contributed by atoms with van der Waals surface area (Å²) in [5.41, 5.74) is 8.19. The number of fused-ring (bicyclic) bond motifs is 1. The summed E-state index contributed by atoms with van der Waals surface area (Å²) < 4.78 is 1.66. The van der Waals surface area contributed by atoms with Gasteiger partial charge in [-0.3, -0.25) is 20.6 Å². The Morgan fingerprint density at radius 1 is 1.19 bits per heavy atom. The highest BCUT2D eigenvalue weighted by Crippen LogP contribution is 2.24. The number of hydrogen-bond donors (Lipinski definition) is 2. The van der Waals surface area contributed by atoms with E-state index in [1.54, 1.807) is 29.2 Å². The number of aromatic nitrogens is 5. The second kappa shape index (κ2) is 7.00. The molecule has 4 aromatic rings. The molecule has 0 saturated heterocycles. The van der Waals surface area contributed by atoms with Gasteiger partial charge < -0.3 is 0 Å². The van der Waals surface area contributed by atoms with Gasteiger partial charge in [-0.25, -0.2) is 14.6 Å². The zero-order valence-corrected chi connectivity index (χ0v) is 15.0. The Balaban J connectivity index is 1.63. The smallest absolute Gasteiger partial charge is 0.271 e. The minimum absolute atomic E-state index is 0.326. The van der Waals surface area contributed by atoms with Crippen molar-refractivity contribution in [1.29, 1.82) is 0 Å². The van der Waals surface area contributed by atoms with E-state index in [9.17, 15) is 4.79 Å². The SMILES string of the molecule is Cc1ccc(-n2ncc3c(NNC(=O)c4cccnc4)ncnc32)cc1Cl. The number of rotatable bonds is 4. The van der Waals surface area contributed by atoms with Gasteiger partial charge in [-0.2, -0.15) is 5.10 Å². The molecule has 8 nitrogen and oxygen atoms in total. The average Bonchev–Trinajstić information content (AvgIpc) is 3.13. The van der Waals surface area contributed by atoms with E-state index in [-0.39, 0.29) is 5.91 Å². The largest absolute Gasteiger partial charge is 0.281 e. The Labute approximate surface area is 159 Å². The molecule has 27 heavy (non-hydrogen) atoms. The van der Waals surface area contributed by atoms with Gasteiger partial charge in [0, 0.05) is 17.4 Å². The summed E-state index contributed by atoms with van der Waals surface area (Å²) in [7, 11) is 0. The van der Waals surface area contributed by atoms with E-state index < -0.39 is 0 Å². The van der Waals surface area contributed by atoms with Gasteiger partial charge in [0.2, 0.25) is 0 Å². The lowest BCUT2D eigenvalue weighted by Crippen LogP contribution is -2.30. The van der Waals surface area contributed by atoms with E-state index >= 15 is 0 Å². The lowest BCUT2D eigenvalue weighted by atomic mass is 10.2. The van der Waals surface area contributed by atoms with Gasteiger partial charge in [0.15, 0.2) is 11.5 Å². The molecule has 3 aromatic heterocycles. The monoisotopic (exact) mass is 379 g/mol. The first-order valence-corrected chi connectivity index (χ1v) is 8.43. The highest BCUT2D eigenvalue weighted by Gasteiger charge is 2.13. The molecule has 0 fully saturated rings. The van der Waals surface area contributed by atoms with E-state index in [1.807, 2.05) is 25.1 Å². The summed E-state index contributed by atoms with van der Waals surface area (Å²) in [6.45, 7) is 1.93. The second-order valence-electron chi connectivity index (χ2n) is 5.77. The van der Waals surface area contributed by atoms with Gasteiger partial charge in [0.05, 0.1) is 22.8 Å². The van der Waals surface area contributed by atoms with Crippen molar-refractivity contribution in [2.24, 2.45) is 0 Å². The van der Waals surface area contributed by atoms with Crippen LogP contribution in [0.3, 0.4) is 0 Å². The Kier molecular flexibility index (Phi) is 4.39. The number of hydrazine groups is 1. The Hall–Kier alpha value is -3.52. The van der Waals surface area contributed by atoms with Crippen LogP contribution >= 0.6 is 11.6 Å². The van der Waals surface area contributed by atoms with Crippen LogP contribution in [0.1, 0.15) is 15.9 Å². The van der Waals surface area contributed by atoms with Crippen molar-refractivity contribution in [3.8, 4) is 5.69 Å². The quantitative estimate of drug-likeness (QED) is 0.529. The van der Waals surface area contributed by atoms with Crippen LogP contribution in [0.5, 0.6) is 0 Å². The molecule has 4 rings (SSSR count). The first-order chi connectivity index (χ1) is 13.1. The highest BCUT2D eigenvalue weighted by molar-refractivity contribution is 6.31. The number of hydrogen-bond acceptors (Lipinski definition) is 6. The summed E-state index contributed by atoms with van der Waals surface area (Å²) in [5, 5.41) is 5.67. The number of pyridine rings is 1. The van der Waals surface area contributed by atoms with Crippen molar-refractivity contribution in [1.82, 2.24) is 30.2 Å². The highest BCUT2D eigenvalue weighted by atomic mass is 35.5. The van der Waals surface area contributed by atoms with Gasteiger partial charge in [-0.15, -0.1) is 0 Å². The second-order valence-corrected chi connectivity index (χ2v) is 6.18. The van der Waals surface area contributed by atoms with Crippen LogP contribution in [-0.4, -0.2) is 30.6 Å². The van der Waals surface area contributed by atoms with E-state index in [0.29, 0.717) is 27.4 Å². The van der Waals surface area contributed by atoms with Crippen molar-refractivity contribution in [2.45, 2.75) is 6.92 Å². The summed E-state index contributed by atoms with van der Waals surface area (Å²) in [5.74, 6) is 0.106. The average molecular weight is 380 g/mol. The first kappa shape index (κ1) is 16.9. The fraction of sp³-hybridized carbons (Fsp3) is 0.0556. The third kappa shape index (κ3) is 3.30. The molecular formula is C18H14ClN7O. The third-order valence-corrected chi connectivity index (χ3v) is 4.39. The number of carbonyl (C=O) groups is 1. The molecule has 9 heteroatoms. The number of halogens is 1. The maximum atomic E-state index is 12.2. The van der Waals surface area contributed by atoms with Gasteiger partial charge in [0.25, 0.3) is 5.91 Å².